The summed E-state index contributed by atoms with van der Waals surface area (Å²) in [6.07, 6.45) is 8.00. The molecule has 1 aromatic heterocycles. The van der Waals surface area contributed by atoms with Crippen LogP contribution in [0.5, 0.6) is 0 Å². The second kappa shape index (κ2) is 7.61. The van der Waals surface area contributed by atoms with Gasteiger partial charge in [0, 0.05) is 16.5 Å². The van der Waals surface area contributed by atoms with Crippen LogP contribution in [0.25, 0.3) is 0 Å². The van der Waals surface area contributed by atoms with Crippen molar-refractivity contribution in [1.82, 2.24) is 10.2 Å². The second-order valence-electron chi connectivity index (χ2n) is 9.13. The van der Waals surface area contributed by atoms with E-state index >= 15 is 0 Å². The van der Waals surface area contributed by atoms with Crippen molar-refractivity contribution >= 4 is 50.1 Å². The molecule has 2 atom stereocenters. The Morgan fingerprint density at radius 3 is 2.62 bits per heavy atom. The Kier molecular flexibility index (Phi) is 5.23. The van der Waals surface area contributed by atoms with E-state index in [2.05, 4.69) is 31.4 Å². The normalized spacial score (nSPS) is 32.5. The first-order valence-corrected chi connectivity index (χ1v) is 12.7. The summed E-state index contributed by atoms with van der Waals surface area (Å²) in [4.78, 5) is 12.8. The Hall–Kier alpha value is -0.990. The predicted molar refractivity (Wildman–Crippen MR) is 118 cm³/mol. The third-order valence-electron chi connectivity index (χ3n) is 6.57. The Bertz CT molecular complexity index is 905. The van der Waals surface area contributed by atoms with Gasteiger partial charge in [0.25, 0.3) is 0 Å². The van der Waals surface area contributed by atoms with Crippen LogP contribution >= 0.6 is 39.0 Å². The van der Waals surface area contributed by atoms with Crippen LogP contribution < -0.4 is 5.32 Å². The van der Waals surface area contributed by atoms with Gasteiger partial charge in [-0.15, -0.1) is 10.2 Å². The van der Waals surface area contributed by atoms with Gasteiger partial charge in [-0.05, 0) is 73.5 Å². The molecule has 4 nitrogen and oxygen atoms in total. The number of halogens is 2. The number of hydrogen-bond donors (Lipinski definition) is 1. The summed E-state index contributed by atoms with van der Waals surface area (Å²) in [6.45, 7) is 0. The molecule has 1 amide bonds. The number of amides is 1. The number of hydrogen-bond acceptors (Lipinski definition) is 5. The molecule has 2 aromatic rings. The first kappa shape index (κ1) is 19.9. The van der Waals surface area contributed by atoms with E-state index < -0.39 is 0 Å². The van der Waals surface area contributed by atoms with Gasteiger partial charge in [-0.1, -0.05) is 51.2 Å². The molecule has 0 aliphatic heterocycles. The molecule has 4 aliphatic rings. The molecule has 4 bridgehead atoms. The highest BCUT2D eigenvalue weighted by atomic mass is 79.9. The number of anilines is 1. The highest BCUT2D eigenvalue weighted by Crippen LogP contribution is 2.65. The fraction of sp³-hybridized carbons (Fsp3) is 0.571. The zero-order chi connectivity index (χ0) is 20.1. The van der Waals surface area contributed by atoms with Gasteiger partial charge in [-0.2, -0.15) is 0 Å². The summed E-state index contributed by atoms with van der Waals surface area (Å²) < 4.78 is 14.1. The third kappa shape index (κ3) is 4.39. The van der Waals surface area contributed by atoms with E-state index in [9.17, 15) is 9.18 Å². The van der Waals surface area contributed by atoms with Gasteiger partial charge in [0.05, 0.1) is 0 Å². The average Bonchev–Trinajstić information content (AvgIpc) is 3.05. The van der Waals surface area contributed by atoms with Gasteiger partial charge in [-0.3, -0.25) is 4.79 Å². The first-order chi connectivity index (χ1) is 13.9. The van der Waals surface area contributed by atoms with E-state index in [1.807, 2.05) is 0 Å². The smallest absolute Gasteiger partial charge is 0.226 e. The molecule has 154 valence electrons. The minimum Gasteiger partial charge on any atom is -0.300 e. The molecule has 4 saturated carbocycles. The van der Waals surface area contributed by atoms with Gasteiger partial charge in [0.1, 0.15) is 5.82 Å². The van der Waals surface area contributed by atoms with Crippen LogP contribution in [0.1, 0.15) is 50.5 Å². The van der Waals surface area contributed by atoms with Crippen molar-refractivity contribution in [2.75, 3.05) is 5.32 Å². The number of aromatic nitrogens is 2. The maximum Gasteiger partial charge on any atom is 0.226 e. The molecule has 0 spiro atoms. The quantitative estimate of drug-likeness (QED) is 0.301. The Labute approximate surface area is 186 Å². The van der Waals surface area contributed by atoms with Crippen molar-refractivity contribution in [2.45, 2.75) is 59.4 Å². The lowest BCUT2D eigenvalue weighted by molar-refractivity contribution is -0.123. The number of nitrogens with zero attached hydrogens (tertiary/aromatic N) is 2. The van der Waals surface area contributed by atoms with Crippen LogP contribution in [0, 0.1) is 23.1 Å². The van der Waals surface area contributed by atoms with E-state index in [0.717, 1.165) is 28.2 Å². The molecule has 0 radical (unpaired) electrons. The lowest BCUT2D eigenvalue weighted by Gasteiger charge is -2.60. The van der Waals surface area contributed by atoms with E-state index in [-0.39, 0.29) is 21.5 Å². The van der Waals surface area contributed by atoms with Gasteiger partial charge < -0.3 is 5.32 Å². The topological polar surface area (TPSA) is 54.9 Å². The SMILES string of the molecule is O=C(CC12CC3CC(CC(Br)(C3)C1)C2)Nc1nnc(SCc2ccc(F)cc2)s1. The summed E-state index contributed by atoms with van der Waals surface area (Å²) in [7, 11) is 0. The summed E-state index contributed by atoms with van der Waals surface area (Å²) in [5.74, 6) is 2.08. The Balaban J connectivity index is 1.17. The van der Waals surface area contributed by atoms with Crippen molar-refractivity contribution in [2.24, 2.45) is 17.3 Å². The molecule has 29 heavy (non-hydrogen) atoms. The fourth-order valence-electron chi connectivity index (χ4n) is 6.09. The van der Waals surface area contributed by atoms with Crippen LogP contribution in [0.15, 0.2) is 28.6 Å². The number of rotatable bonds is 6. The molecule has 1 heterocycles. The van der Waals surface area contributed by atoms with Crippen molar-refractivity contribution in [3.8, 4) is 0 Å². The molecular weight excluding hydrogens is 473 g/mol. The van der Waals surface area contributed by atoms with E-state index in [1.54, 1.807) is 23.9 Å². The number of thioether (sulfide) groups is 1. The lowest BCUT2D eigenvalue weighted by atomic mass is 9.48. The Morgan fingerprint density at radius 1 is 1.21 bits per heavy atom. The molecule has 2 unspecified atom stereocenters. The third-order valence-corrected chi connectivity index (χ3v) is 9.55. The van der Waals surface area contributed by atoms with Gasteiger partial charge in [0.15, 0.2) is 4.34 Å². The van der Waals surface area contributed by atoms with Crippen LogP contribution in [0.3, 0.4) is 0 Å². The molecule has 6 rings (SSSR count). The van der Waals surface area contributed by atoms with Gasteiger partial charge >= 0.3 is 0 Å². The zero-order valence-electron chi connectivity index (χ0n) is 16.0. The van der Waals surface area contributed by atoms with Crippen molar-refractivity contribution in [1.29, 1.82) is 0 Å². The van der Waals surface area contributed by atoms with Crippen molar-refractivity contribution < 1.29 is 9.18 Å². The van der Waals surface area contributed by atoms with Crippen LogP contribution in [-0.2, 0) is 10.5 Å². The van der Waals surface area contributed by atoms with Gasteiger partial charge in [-0.25, -0.2) is 4.39 Å². The van der Waals surface area contributed by atoms with Crippen LogP contribution in [-0.4, -0.2) is 20.4 Å². The number of carbonyl (C=O) groups is 1. The fourth-order valence-corrected chi connectivity index (χ4v) is 9.33. The molecule has 1 aromatic carbocycles. The largest absolute Gasteiger partial charge is 0.300 e. The predicted octanol–water partition coefficient (Wildman–Crippen LogP) is 6.03. The number of carbonyl (C=O) groups excluding carboxylic acids is 1. The summed E-state index contributed by atoms with van der Waals surface area (Å²) in [5, 5.41) is 11.9. The highest BCUT2D eigenvalue weighted by molar-refractivity contribution is 9.10. The average molecular weight is 496 g/mol. The highest BCUT2D eigenvalue weighted by Gasteiger charge is 2.57. The molecule has 1 N–H and O–H groups in total. The zero-order valence-corrected chi connectivity index (χ0v) is 19.2. The second-order valence-corrected chi connectivity index (χ2v) is 13.0. The van der Waals surface area contributed by atoms with Crippen molar-refractivity contribution in [3.63, 3.8) is 0 Å². The van der Waals surface area contributed by atoms with Gasteiger partial charge in [0.2, 0.25) is 11.0 Å². The molecule has 4 fully saturated rings. The molecular formula is C21H23BrFN3OS2. The summed E-state index contributed by atoms with van der Waals surface area (Å²) in [6, 6.07) is 6.47. The number of benzene rings is 1. The summed E-state index contributed by atoms with van der Waals surface area (Å²) >= 11 is 6.96. The maximum absolute atomic E-state index is 13.0. The van der Waals surface area contributed by atoms with Crippen LogP contribution in [0.4, 0.5) is 9.52 Å². The molecule has 4 aliphatic carbocycles. The minimum atomic E-state index is -0.232. The maximum atomic E-state index is 13.0. The molecule has 0 saturated heterocycles. The first-order valence-electron chi connectivity index (χ1n) is 10.1. The minimum absolute atomic E-state index is 0.0642. The number of alkyl halides is 1. The van der Waals surface area contributed by atoms with E-state index in [4.69, 9.17) is 0 Å². The lowest BCUT2D eigenvalue weighted by Crippen LogP contribution is -2.53. The van der Waals surface area contributed by atoms with E-state index in [1.165, 1.54) is 55.6 Å². The standard InChI is InChI=1S/C21H23BrFN3OS2/c22-21-8-14-5-15(9-21)7-20(6-14,12-21)10-17(27)24-18-25-26-19(29-18)28-11-13-1-3-16(23)4-2-13/h1-4,14-15H,5-12H2,(H,24,25,27). The van der Waals surface area contributed by atoms with Crippen LogP contribution in [0.2, 0.25) is 0 Å². The number of nitrogens with one attached hydrogen (secondary N) is 1. The summed E-state index contributed by atoms with van der Waals surface area (Å²) in [5.41, 5.74) is 1.19. The Morgan fingerprint density at radius 2 is 1.93 bits per heavy atom. The molecule has 8 heteroatoms. The van der Waals surface area contributed by atoms with E-state index in [0.29, 0.717) is 17.3 Å². The van der Waals surface area contributed by atoms with Crippen molar-refractivity contribution in [3.05, 3.63) is 35.6 Å². The monoisotopic (exact) mass is 495 g/mol.